The van der Waals surface area contributed by atoms with Crippen LogP contribution in [0.25, 0.3) is 21.1 Å². The Morgan fingerprint density at radius 2 is 1.72 bits per heavy atom. The van der Waals surface area contributed by atoms with Crippen molar-refractivity contribution in [1.82, 2.24) is 14.9 Å². The normalized spacial score (nSPS) is 12.1. The van der Waals surface area contributed by atoms with Gasteiger partial charge in [0.05, 0.1) is 21.8 Å². The molecule has 146 valence electrons. The van der Waals surface area contributed by atoms with Crippen molar-refractivity contribution >= 4 is 44.3 Å². The summed E-state index contributed by atoms with van der Waals surface area (Å²) in [6, 6.07) is 18.5. The van der Waals surface area contributed by atoms with Crippen molar-refractivity contribution in [3.8, 4) is 0 Å². The number of pyridine rings is 1. The van der Waals surface area contributed by atoms with Gasteiger partial charge < -0.3 is 9.64 Å². The monoisotopic (exact) mass is 405 g/mol. The highest BCUT2D eigenvalue weighted by atomic mass is 32.1. The molecule has 0 radical (unpaired) electrons. The number of hydrogen-bond donors (Lipinski definition) is 0. The van der Waals surface area contributed by atoms with Crippen LogP contribution in [0.3, 0.4) is 0 Å². The topological polar surface area (TPSA) is 72.4 Å². The fourth-order valence-electron chi connectivity index (χ4n) is 2.93. The van der Waals surface area contributed by atoms with Crippen LogP contribution in [0.5, 0.6) is 0 Å². The number of thiazole rings is 1. The molecule has 0 spiro atoms. The second-order valence-electron chi connectivity index (χ2n) is 6.67. The summed E-state index contributed by atoms with van der Waals surface area (Å²) in [6.45, 7) is 1.56. The maximum Gasteiger partial charge on any atom is 0.357 e. The van der Waals surface area contributed by atoms with Gasteiger partial charge in [-0.3, -0.25) is 4.79 Å². The number of carbonyl (C=O) groups excluding carboxylic acids is 2. The molecule has 0 fully saturated rings. The second-order valence-corrected chi connectivity index (χ2v) is 7.73. The molecule has 0 N–H and O–H groups in total. The fourth-order valence-corrected chi connectivity index (χ4v) is 4.00. The molecule has 0 bridgehead atoms. The van der Waals surface area contributed by atoms with Crippen molar-refractivity contribution in [3.05, 3.63) is 71.4 Å². The highest BCUT2D eigenvalue weighted by molar-refractivity contribution is 7.18. The predicted octanol–water partition coefficient (Wildman–Crippen LogP) is 4.22. The van der Waals surface area contributed by atoms with Gasteiger partial charge in [0.15, 0.2) is 6.61 Å². The average Bonchev–Trinajstić information content (AvgIpc) is 3.20. The highest BCUT2D eigenvalue weighted by Gasteiger charge is 2.22. The van der Waals surface area contributed by atoms with Crippen LogP contribution in [0.15, 0.2) is 60.7 Å². The van der Waals surface area contributed by atoms with Gasteiger partial charge in [0.1, 0.15) is 10.7 Å². The quantitative estimate of drug-likeness (QED) is 0.465. The first-order valence-corrected chi connectivity index (χ1v) is 9.98. The van der Waals surface area contributed by atoms with E-state index in [-0.39, 0.29) is 24.2 Å². The summed E-state index contributed by atoms with van der Waals surface area (Å²) in [5, 5.41) is 1.77. The van der Waals surface area contributed by atoms with Crippen LogP contribution in [-0.4, -0.2) is 40.4 Å². The molecular formula is C22H19N3O3S. The van der Waals surface area contributed by atoms with Gasteiger partial charge in [0, 0.05) is 12.4 Å². The molecular weight excluding hydrogens is 386 g/mol. The van der Waals surface area contributed by atoms with Crippen LogP contribution < -0.4 is 0 Å². The van der Waals surface area contributed by atoms with E-state index in [2.05, 4.69) is 9.97 Å². The first kappa shape index (κ1) is 19.0. The zero-order valence-electron chi connectivity index (χ0n) is 16.0. The molecule has 6 nitrogen and oxygen atoms in total. The van der Waals surface area contributed by atoms with Gasteiger partial charge in [-0.05, 0) is 31.2 Å². The van der Waals surface area contributed by atoms with E-state index in [4.69, 9.17) is 4.74 Å². The molecule has 4 rings (SSSR count). The van der Waals surface area contributed by atoms with E-state index < -0.39 is 5.97 Å². The number of likely N-dealkylation sites (N-methyl/N-ethyl adjacent to an activating group) is 1. The first-order valence-electron chi connectivity index (χ1n) is 9.17. The van der Waals surface area contributed by atoms with Gasteiger partial charge in [0.2, 0.25) is 0 Å². The molecule has 7 heteroatoms. The van der Waals surface area contributed by atoms with Crippen molar-refractivity contribution in [2.75, 3.05) is 13.7 Å². The van der Waals surface area contributed by atoms with E-state index in [0.717, 1.165) is 20.6 Å². The van der Waals surface area contributed by atoms with Gasteiger partial charge in [-0.2, -0.15) is 0 Å². The van der Waals surface area contributed by atoms with E-state index >= 15 is 0 Å². The summed E-state index contributed by atoms with van der Waals surface area (Å²) in [5.41, 5.74) is 1.79. The largest absolute Gasteiger partial charge is 0.451 e. The van der Waals surface area contributed by atoms with Crippen LogP contribution in [0.2, 0.25) is 0 Å². The third kappa shape index (κ3) is 3.95. The second kappa shape index (κ2) is 7.97. The maximum absolute atomic E-state index is 12.5. The molecule has 0 saturated carbocycles. The Kier molecular flexibility index (Phi) is 5.22. The van der Waals surface area contributed by atoms with Crippen LogP contribution in [0.4, 0.5) is 0 Å². The number of rotatable bonds is 5. The molecule has 29 heavy (non-hydrogen) atoms. The minimum absolute atomic E-state index is 0.179. The lowest BCUT2D eigenvalue weighted by Crippen LogP contribution is -2.33. The lowest BCUT2D eigenvalue weighted by Gasteiger charge is -2.23. The van der Waals surface area contributed by atoms with Crippen molar-refractivity contribution in [2.24, 2.45) is 0 Å². The Morgan fingerprint density at radius 3 is 2.52 bits per heavy atom. The number of hydrogen-bond acceptors (Lipinski definition) is 6. The molecule has 2 aromatic heterocycles. The Hall–Kier alpha value is -3.32. The summed E-state index contributed by atoms with van der Waals surface area (Å²) in [4.78, 5) is 35.3. The van der Waals surface area contributed by atoms with Crippen LogP contribution in [-0.2, 0) is 9.53 Å². The molecule has 0 saturated heterocycles. The third-order valence-electron chi connectivity index (χ3n) is 4.78. The summed E-state index contributed by atoms with van der Waals surface area (Å²) in [5.74, 6) is -0.920. The summed E-state index contributed by atoms with van der Waals surface area (Å²) >= 11 is 1.55. The number of carbonyl (C=O) groups is 2. The smallest absolute Gasteiger partial charge is 0.357 e. The number of fused-ring (bicyclic) bond motifs is 2. The molecule has 0 aliphatic heterocycles. The average molecular weight is 405 g/mol. The molecule has 0 aliphatic carbocycles. The lowest BCUT2D eigenvalue weighted by atomic mass is 10.2. The number of esters is 1. The van der Waals surface area contributed by atoms with E-state index in [1.54, 1.807) is 29.4 Å². The zero-order valence-corrected chi connectivity index (χ0v) is 16.8. The van der Waals surface area contributed by atoms with E-state index in [1.807, 2.05) is 61.5 Å². The van der Waals surface area contributed by atoms with Crippen LogP contribution in [0, 0.1) is 0 Å². The molecule has 0 unspecified atom stereocenters. The van der Waals surface area contributed by atoms with E-state index in [0.29, 0.717) is 5.52 Å². The minimum atomic E-state index is -0.620. The molecule has 2 heterocycles. The predicted molar refractivity (Wildman–Crippen MR) is 113 cm³/mol. The summed E-state index contributed by atoms with van der Waals surface area (Å²) < 4.78 is 6.27. The number of amides is 1. The lowest BCUT2D eigenvalue weighted by molar-refractivity contribution is -0.135. The number of nitrogens with zero attached hydrogens (tertiary/aromatic N) is 3. The molecule has 1 amide bonds. The number of ether oxygens (including phenoxy) is 1. The first-order chi connectivity index (χ1) is 14.0. The zero-order chi connectivity index (χ0) is 20.4. The van der Waals surface area contributed by atoms with Gasteiger partial charge >= 0.3 is 5.97 Å². The highest BCUT2D eigenvalue weighted by Crippen LogP contribution is 2.28. The molecule has 0 aliphatic rings. The SMILES string of the molecule is C[C@@H](c1nc2ccccc2s1)N(C)C(=O)COC(=O)c1ccc2ccccc2n1. The molecule has 1 atom stereocenters. The van der Waals surface area contributed by atoms with Gasteiger partial charge in [-0.25, -0.2) is 14.8 Å². The number of aromatic nitrogens is 2. The van der Waals surface area contributed by atoms with Crippen molar-refractivity contribution in [2.45, 2.75) is 13.0 Å². The maximum atomic E-state index is 12.5. The minimum Gasteiger partial charge on any atom is -0.451 e. The summed E-state index contributed by atoms with van der Waals surface area (Å²) in [6.07, 6.45) is 0. The molecule has 2 aromatic carbocycles. The third-order valence-corrected chi connectivity index (χ3v) is 5.98. The van der Waals surface area contributed by atoms with Crippen molar-refractivity contribution in [3.63, 3.8) is 0 Å². The Bertz CT molecular complexity index is 1170. The molecule has 4 aromatic rings. The Labute approximate surface area is 171 Å². The van der Waals surface area contributed by atoms with Crippen LogP contribution >= 0.6 is 11.3 Å². The van der Waals surface area contributed by atoms with Crippen molar-refractivity contribution < 1.29 is 14.3 Å². The standard InChI is InChI=1S/C22H19N3O3S/c1-14(21-24-17-9-5-6-10-19(17)29-21)25(2)20(26)13-28-22(27)18-12-11-15-7-3-4-8-16(15)23-18/h3-12,14H,13H2,1-2H3/t14-/m0/s1. The van der Waals surface area contributed by atoms with Gasteiger partial charge in [-0.15, -0.1) is 11.3 Å². The van der Waals surface area contributed by atoms with Gasteiger partial charge in [0.25, 0.3) is 5.91 Å². The number of para-hydroxylation sites is 2. The van der Waals surface area contributed by atoms with E-state index in [1.165, 1.54) is 0 Å². The fraction of sp³-hybridized carbons (Fsp3) is 0.182. The van der Waals surface area contributed by atoms with Crippen LogP contribution in [0.1, 0.15) is 28.5 Å². The van der Waals surface area contributed by atoms with Gasteiger partial charge in [-0.1, -0.05) is 36.4 Å². The Balaban J connectivity index is 1.40. The van der Waals surface area contributed by atoms with Crippen molar-refractivity contribution in [1.29, 1.82) is 0 Å². The number of benzene rings is 2. The summed E-state index contributed by atoms with van der Waals surface area (Å²) in [7, 11) is 1.68. The Morgan fingerprint density at radius 1 is 1.00 bits per heavy atom. The van der Waals surface area contributed by atoms with E-state index in [9.17, 15) is 9.59 Å².